The quantitative estimate of drug-likeness (QED) is 0.335. The number of carbonyl (C=O) groups is 1. The van der Waals surface area contributed by atoms with Gasteiger partial charge in [0.05, 0.1) is 5.56 Å². The first kappa shape index (κ1) is 13.3. The van der Waals surface area contributed by atoms with Crippen LogP contribution in [-0.2, 0) is 0 Å². The molecule has 19 heavy (non-hydrogen) atoms. The third-order valence-electron chi connectivity index (χ3n) is 3.45. The van der Waals surface area contributed by atoms with Crippen molar-refractivity contribution in [3.05, 3.63) is 35.6 Å². The van der Waals surface area contributed by atoms with Crippen LogP contribution in [-0.4, -0.2) is 23.0 Å². The fourth-order valence-electron chi connectivity index (χ4n) is 2.45. The Morgan fingerprint density at radius 2 is 2.16 bits per heavy atom. The molecule has 1 aliphatic rings. The zero-order chi connectivity index (χ0) is 13.8. The molecule has 1 aromatic rings. The number of hydrogen-bond donors (Lipinski definition) is 3. The van der Waals surface area contributed by atoms with E-state index in [1.165, 1.54) is 18.2 Å². The normalized spacial score (nSPS) is 23.3. The van der Waals surface area contributed by atoms with E-state index in [0.29, 0.717) is 0 Å². The second-order valence-electron chi connectivity index (χ2n) is 4.62. The second kappa shape index (κ2) is 5.69. The molecule has 4 N–H and O–H groups in total. The van der Waals surface area contributed by atoms with Gasteiger partial charge in [0, 0.05) is 12.0 Å². The zero-order valence-electron chi connectivity index (χ0n) is 10.3. The molecule has 2 rings (SSSR count). The number of amides is 1. The van der Waals surface area contributed by atoms with Gasteiger partial charge in [-0.15, -0.1) is 0 Å². The molecule has 2 unspecified atom stereocenters. The van der Waals surface area contributed by atoms with Gasteiger partial charge in [-0.25, -0.2) is 4.39 Å². The highest BCUT2D eigenvalue weighted by atomic mass is 19.1. The Balaban J connectivity index is 2.09. The molecule has 1 fully saturated rings. The number of nitrogens with zero attached hydrogens (tertiary/aromatic N) is 1. The summed E-state index contributed by atoms with van der Waals surface area (Å²) in [6, 6.07) is 5.58. The maximum atomic E-state index is 13.5. The van der Waals surface area contributed by atoms with Crippen LogP contribution in [0.25, 0.3) is 0 Å². The molecule has 1 aliphatic carbocycles. The van der Waals surface area contributed by atoms with Crippen molar-refractivity contribution in [2.45, 2.75) is 25.3 Å². The number of nitrogens with one attached hydrogen (secondary N) is 1. The van der Waals surface area contributed by atoms with E-state index in [-0.39, 0.29) is 23.4 Å². The average molecular weight is 265 g/mol. The van der Waals surface area contributed by atoms with Crippen LogP contribution in [0.3, 0.4) is 0 Å². The molecule has 0 bridgehead atoms. The Hall–Kier alpha value is -2.11. The predicted octanol–water partition coefficient (Wildman–Crippen LogP) is 1.47. The maximum absolute atomic E-state index is 13.5. The lowest BCUT2D eigenvalue weighted by molar-refractivity contribution is 0.0929. The molecule has 102 valence electrons. The van der Waals surface area contributed by atoms with Crippen molar-refractivity contribution in [3.63, 3.8) is 0 Å². The van der Waals surface area contributed by atoms with Crippen molar-refractivity contribution in [2.24, 2.45) is 16.8 Å². The van der Waals surface area contributed by atoms with E-state index in [1.54, 1.807) is 6.07 Å². The third-order valence-corrected chi connectivity index (χ3v) is 3.45. The van der Waals surface area contributed by atoms with Gasteiger partial charge in [-0.2, -0.15) is 0 Å². The molecule has 1 aromatic carbocycles. The summed E-state index contributed by atoms with van der Waals surface area (Å²) < 4.78 is 13.5. The average Bonchev–Trinajstić information content (AvgIpc) is 2.86. The summed E-state index contributed by atoms with van der Waals surface area (Å²) in [6.07, 6.45) is 2.36. The highest BCUT2D eigenvalue weighted by molar-refractivity contribution is 5.95. The van der Waals surface area contributed by atoms with E-state index in [1.807, 2.05) is 0 Å². The molecule has 0 aliphatic heterocycles. The first-order chi connectivity index (χ1) is 9.13. The molecule has 2 atom stereocenters. The number of oxime groups is 1. The molecule has 0 saturated heterocycles. The molecule has 0 spiro atoms. The lowest BCUT2D eigenvalue weighted by atomic mass is 10.0. The van der Waals surface area contributed by atoms with Crippen molar-refractivity contribution in [1.29, 1.82) is 0 Å². The largest absolute Gasteiger partial charge is 0.409 e. The van der Waals surface area contributed by atoms with Crippen LogP contribution in [0.4, 0.5) is 4.39 Å². The summed E-state index contributed by atoms with van der Waals surface area (Å²) >= 11 is 0. The fourth-order valence-corrected chi connectivity index (χ4v) is 2.45. The van der Waals surface area contributed by atoms with Gasteiger partial charge < -0.3 is 16.3 Å². The van der Waals surface area contributed by atoms with Gasteiger partial charge in [0.1, 0.15) is 11.7 Å². The molecule has 1 saturated carbocycles. The van der Waals surface area contributed by atoms with E-state index in [2.05, 4.69) is 10.5 Å². The van der Waals surface area contributed by atoms with Gasteiger partial charge in [-0.05, 0) is 25.0 Å². The van der Waals surface area contributed by atoms with Gasteiger partial charge in [0.2, 0.25) is 0 Å². The topological polar surface area (TPSA) is 87.7 Å². The zero-order valence-corrected chi connectivity index (χ0v) is 10.3. The summed E-state index contributed by atoms with van der Waals surface area (Å²) in [7, 11) is 0. The highest BCUT2D eigenvalue weighted by Gasteiger charge is 2.32. The molecule has 6 heteroatoms. The minimum atomic E-state index is -0.557. The van der Waals surface area contributed by atoms with Crippen LogP contribution < -0.4 is 11.1 Å². The smallest absolute Gasteiger partial charge is 0.254 e. The van der Waals surface area contributed by atoms with Gasteiger partial charge in [-0.3, -0.25) is 4.79 Å². The lowest BCUT2D eigenvalue weighted by Gasteiger charge is -2.19. The summed E-state index contributed by atoms with van der Waals surface area (Å²) in [4.78, 5) is 12.0. The molecule has 0 heterocycles. The Kier molecular flexibility index (Phi) is 3.99. The second-order valence-corrected chi connectivity index (χ2v) is 4.62. The molecule has 1 amide bonds. The predicted molar refractivity (Wildman–Crippen MR) is 68.4 cm³/mol. The molecule has 5 nitrogen and oxygen atoms in total. The Labute approximate surface area is 110 Å². The van der Waals surface area contributed by atoms with Crippen LogP contribution in [0.1, 0.15) is 29.6 Å². The number of carbonyl (C=O) groups excluding carboxylic acids is 1. The Bertz CT molecular complexity index is 504. The first-order valence-electron chi connectivity index (χ1n) is 6.16. The van der Waals surface area contributed by atoms with Crippen LogP contribution in [0, 0.1) is 11.7 Å². The molecular weight excluding hydrogens is 249 g/mol. The van der Waals surface area contributed by atoms with Gasteiger partial charge >= 0.3 is 0 Å². The summed E-state index contributed by atoms with van der Waals surface area (Å²) in [5, 5.41) is 14.4. The van der Waals surface area contributed by atoms with Gasteiger partial charge in [0.15, 0.2) is 0 Å². The summed E-state index contributed by atoms with van der Waals surface area (Å²) in [5.41, 5.74) is 5.59. The van der Waals surface area contributed by atoms with Gasteiger partial charge in [0.25, 0.3) is 5.91 Å². The minimum Gasteiger partial charge on any atom is -0.409 e. The molecular formula is C13H16FN3O2. The number of benzene rings is 1. The van der Waals surface area contributed by atoms with E-state index < -0.39 is 11.7 Å². The number of halogens is 1. The summed E-state index contributed by atoms with van der Waals surface area (Å²) in [6.45, 7) is 0. The standard InChI is InChI=1S/C13H16FN3O2/c14-10-6-2-1-4-8(10)13(18)16-11-7-3-5-9(11)12(15)17-19/h1-2,4,6,9,11,19H,3,5,7H2,(H2,15,17)(H,16,18). The van der Waals surface area contributed by atoms with E-state index in [0.717, 1.165) is 19.3 Å². The van der Waals surface area contributed by atoms with Crippen molar-refractivity contribution in [3.8, 4) is 0 Å². The first-order valence-corrected chi connectivity index (χ1v) is 6.16. The van der Waals surface area contributed by atoms with E-state index >= 15 is 0 Å². The maximum Gasteiger partial charge on any atom is 0.254 e. The Morgan fingerprint density at radius 1 is 1.42 bits per heavy atom. The third kappa shape index (κ3) is 2.83. The highest BCUT2D eigenvalue weighted by Crippen LogP contribution is 2.26. The minimum absolute atomic E-state index is 0.00709. The van der Waals surface area contributed by atoms with E-state index in [4.69, 9.17) is 10.9 Å². The van der Waals surface area contributed by atoms with Crippen molar-refractivity contribution in [1.82, 2.24) is 5.32 Å². The van der Waals surface area contributed by atoms with E-state index in [9.17, 15) is 9.18 Å². The lowest BCUT2D eigenvalue weighted by Crippen LogP contribution is -2.42. The van der Waals surface area contributed by atoms with Crippen LogP contribution in [0.2, 0.25) is 0 Å². The number of amidine groups is 1. The number of rotatable bonds is 3. The number of nitrogens with two attached hydrogens (primary N) is 1. The molecule has 0 radical (unpaired) electrons. The van der Waals surface area contributed by atoms with Crippen molar-refractivity contribution >= 4 is 11.7 Å². The van der Waals surface area contributed by atoms with Crippen molar-refractivity contribution in [2.75, 3.05) is 0 Å². The SMILES string of the molecule is NC(=NO)C1CCCC1NC(=O)c1ccccc1F. The summed E-state index contributed by atoms with van der Waals surface area (Å²) in [5.74, 6) is -1.11. The van der Waals surface area contributed by atoms with Crippen LogP contribution >= 0.6 is 0 Å². The van der Waals surface area contributed by atoms with Crippen LogP contribution in [0.5, 0.6) is 0 Å². The van der Waals surface area contributed by atoms with Crippen LogP contribution in [0.15, 0.2) is 29.4 Å². The number of hydrogen-bond acceptors (Lipinski definition) is 3. The Morgan fingerprint density at radius 3 is 2.84 bits per heavy atom. The molecule has 0 aromatic heterocycles. The van der Waals surface area contributed by atoms with Crippen molar-refractivity contribution < 1.29 is 14.4 Å². The fraction of sp³-hybridized carbons (Fsp3) is 0.385. The monoisotopic (exact) mass is 265 g/mol. The van der Waals surface area contributed by atoms with Gasteiger partial charge in [-0.1, -0.05) is 23.7 Å².